The van der Waals surface area contributed by atoms with Crippen molar-refractivity contribution >= 4 is 28.7 Å². The summed E-state index contributed by atoms with van der Waals surface area (Å²) in [6.45, 7) is 2.12. The number of carbonyl (C=O) groups excluding carboxylic acids is 1. The number of benzene rings is 1. The van der Waals surface area contributed by atoms with Crippen LogP contribution >= 0.6 is 0 Å². The maximum atomic E-state index is 12.6. The van der Waals surface area contributed by atoms with Crippen molar-refractivity contribution in [1.82, 2.24) is 14.3 Å². The first-order valence-electron chi connectivity index (χ1n) is 9.51. The zero-order chi connectivity index (χ0) is 21.1. The molecular weight excluding hydrogens is 388 g/mol. The van der Waals surface area contributed by atoms with Crippen molar-refractivity contribution < 1.29 is 9.72 Å². The lowest BCUT2D eigenvalue weighted by Gasteiger charge is -2.34. The lowest BCUT2D eigenvalue weighted by Crippen LogP contribution is -2.49. The van der Waals surface area contributed by atoms with Crippen LogP contribution in [0.3, 0.4) is 0 Å². The minimum absolute atomic E-state index is 0.0737. The number of pyridine rings is 1. The number of para-hydroxylation sites is 1. The molecule has 10 nitrogen and oxygen atoms in total. The predicted molar refractivity (Wildman–Crippen MR) is 112 cm³/mol. The number of amides is 1. The van der Waals surface area contributed by atoms with E-state index in [-0.39, 0.29) is 18.3 Å². The van der Waals surface area contributed by atoms with Gasteiger partial charge < -0.3 is 10.2 Å². The van der Waals surface area contributed by atoms with Crippen LogP contribution in [0.5, 0.6) is 0 Å². The van der Waals surface area contributed by atoms with Crippen LogP contribution in [0.25, 0.3) is 5.65 Å². The fourth-order valence-electron chi connectivity index (χ4n) is 3.49. The van der Waals surface area contributed by atoms with Crippen molar-refractivity contribution in [2.24, 2.45) is 0 Å². The SMILES string of the molecule is O=C(CN1CCN(c2nc3ccccn3c(=O)c2[N+](=O)[O-])CC1)Nc1ccccc1. The normalized spacial score (nSPS) is 14.6. The van der Waals surface area contributed by atoms with E-state index in [2.05, 4.69) is 10.3 Å². The summed E-state index contributed by atoms with van der Waals surface area (Å²) in [7, 11) is 0. The van der Waals surface area contributed by atoms with E-state index in [0.29, 0.717) is 31.8 Å². The van der Waals surface area contributed by atoms with Gasteiger partial charge in [0.05, 0.1) is 11.5 Å². The summed E-state index contributed by atoms with van der Waals surface area (Å²) in [4.78, 5) is 43.8. The van der Waals surface area contributed by atoms with E-state index in [9.17, 15) is 19.7 Å². The van der Waals surface area contributed by atoms with Crippen molar-refractivity contribution in [2.45, 2.75) is 0 Å². The number of carbonyl (C=O) groups is 1. The van der Waals surface area contributed by atoms with Crippen LogP contribution in [-0.4, -0.2) is 57.8 Å². The molecule has 0 atom stereocenters. The minimum atomic E-state index is -0.703. The molecule has 1 aromatic carbocycles. The van der Waals surface area contributed by atoms with Crippen molar-refractivity contribution in [3.05, 3.63) is 75.2 Å². The van der Waals surface area contributed by atoms with Crippen molar-refractivity contribution in [3.63, 3.8) is 0 Å². The van der Waals surface area contributed by atoms with Crippen LogP contribution in [0.2, 0.25) is 0 Å². The molecule has 1 amide bonds. The Bertz CT molecular complexity index is 1140. The molecule has 30 heavy (non-hydrogen) atoms. The average molecular weight is 408 g/mol. The highest BCUT2D eigenvalue weighted by Crippen LogP contribution is 2.24. The van der Waals surface area contributed by atoms with Crippen molar-refractivity contribution in [3.8, 4) is 0 Å². The van der Waals surface area contributed by atoms with E-state index < -0.39 is 16.2 Å². The van der Waals surface area contributed by atoms with Crippen molar-refractivity contribution in [2.75, 3.05) is 42.9 Å². The zero-order valence-electron chi connectivity index (χ0n) is 16.1. The van der Waals surface area contributed by atoms with E-state index in [1.807, 2.05) is 35.2 Å². The third kappa shape index (κ3) is 3.98. The Morgan fingerprint density at radius 1 is 1.07 bits per heavy atom. The molecule has 1 fully saturated rings. The third-order valence-electron chi connectivity index (χ3n) is 4.97. The van der Waals surface area contributed by atoms with Gasteiger partial charge in [0.15, 0.2) is 0 Å². The van der Waals surface area contributed by atoms with Crippen LogP contribution in [0.15, 0.2) is 59.5 Å². The molecule has 0 radical (unpaired) electrons. The minimum Gasteiger partial charge on any atom is -0.348 e. The Balaban J connectivity index is 1.47. The second kappa shape index (κ2) is 8.29. The molecule has 0 bridgehead atoms. The topological polar surface area (TPSA) is 113 Å². The number of piperazine rings is 1. The van der Waals surface area contributed by atoms with Gasteiger partial charge in [0.25, 0.3) is 0 Å². The highest BCUT2D eigenvalue weighted by atomic mass is 16.6. The molecular formula is C20H20N6O4. The number of nitrogens with one attached hydrogen (secondary N) is 1. The first-order valence-corrected chi connectivity index (χ1v) is 9.51. The van der Waals surface area contributed by atoms with Gasteiger partial charge in [-0.25, -0.2) is 4.98 Å². The van der Waals surface area contributed by atoms with E-state index in [4.69, 9.17) is 0 Å². The number of nitrogens with zero attached hydrogens (tertiary/aromatic N) is 5. The number of anilines is 2. The maximum absolute atomic E-state index is 12.6. The van der Waals surface area contributed by atoms with Gasteiger partial charge in [-0.05, 0) is 24.3 Å². The maximum Gasteiger partial charge on any atom is 0.376 e. The fraction of sp³-hybridized carbons (Fsp3) is 0.250. The second-order valence-electron chi connectivity index (χ2n) is 6.95. The fourth-order valence-corrected chi connectivity index (χ4v) is 3.49. The first kappa shape index (κ1) is 19.5. The monoisotopic (exact) mass is 408 g/mol. The number of rotatable bonds is 5. The number of hydrogen-bond donors (Lipinski definition) is 1. The smallest absolute Gasteiger partial charge is 0.348 e. The number of nitro groups is 1. The molecule has 0 spiro atoms. The molecule has 0 saturated carbocycles. The highest BCUT2D eigenvalue weighted by Gasteiger charge is 2.30. The zero-order valence-corrected chi connectivity index (χ0v) is 16.1. The molecule has 1 aliphatic heterocycles. The molecule has 0 aliphatic carbocycles. The van der Waals surface area contributed by atoms with E-state index >= 15 is 0 Å². The molecule has 0 unspecified atom stereocenters. The Labute approximate surface area is 171 Å². The van der Waals surface area contributed by atoms with Crippen LogP contribution in [-0.2, 0) is 4.79 Å². The van der Waals surface area contributed by atoms with Gasteiger partial charge in [0, 0.05) is 38.1 Å². The summed E-state index contributed by atoms with van der Waals surface area (Å²) in [6, 6.07) is 14.2. The summed E-state index contributed by atoms with van der Waals surface area (Å²) in [5, 5.41) is 14.4. The van der Waals surface area contributed by atoms with Gasteiger partial charge in [-0.15, -0.1) is 0 Å². The Hall–Kier alpha value is -3.79. The lowest BCUT2D eigenvalue weighted by atomic mass is 10.2. The average Bonchev–Trinajstić information content (AvgIpc) is 2.74. The number of hydrogen-bond acceptors (Lipinski definition) is 7. The molecule has 1 N–H and O–H groups in total. The van der Waals surface area contributed by atoms with Gasteiger partial charge in [0.2, 0.25) is 11.7 Å². The highest BCUT2D eigenvalue weighted by molar-refractivity contribution is 5.92. The van der Waals surface area contributed by atoms with E-state index in [1.54, 1.807) is 23.1 Å². The van der Waals surface area contributed by atoms with Gasteiger partial charge in [-0.3, -0.25) is 29.0 Å². The molecule has 10 heteroatoms. The molecule has 154 valence electrons. The van der Waals surface area contributed by atoms with Gasteiger partial charge in [-0.2, -0.15) is 0 Å². The molecule has 3 heterocycles. The lowest BCUT2D eigenvalue weighted by molar-refractivity contribution is -0.385. The number of aromatic nitrogens is 2. The van der Waals surface area contributed by atoms with Gasteiger partial charge in [-0.1, -0.05) is 24.3 Å². The molecule has 1 aliphatic rings. The van der Waals surface area contributed by atoms with E-state index in [0.717, 1.165) is 5.69 Å². The molecule has 4 rings (SSSR count). The molecule has 2 aromatic heterocycles. The summed E-state index contributed by atoms with van der Waals surface area (Å²) >= 11 is 0. The summed E-state index contributed by atoms with van der Waals surface area (Å²) < 4.78 is 1.17. The Morgan fingerprint density at radius 2 is 1.77 bits per heavy atom. The first-order chi connectivity index (χ1) is 14.5. The Morgan fingerprint density at radius 3 is 2.47 bits per heavy atom. The van der Waals surface area contributed by atoms with Crippen LogP contribution in [0.1, 0.15) is 0 Å². The second-order valence-corrected chi connectivity index (χ2v) is 6.95. The number of fused-ring (bicyclic) bond motifs is 1. The summed E-state index contributed by atoms with van der Waals surface area (Å²) in [5.74, 6) is -0.0488. The third-order valence-corrected chi connectivity index (χ3v) is 4.97. The standard InChI is InChI=1S/C20H20N6O4/c27-17(21-15-6-2-1-3-7-15)14-23-10-12-24(13-11-23)19-18(26(29)30)20(28)25-9-5-4-8-16(25)22-19/h1-9H,10-14H2,(H,21,27). The van der Waals surface area contributed by atoms with Gasteiger partial charge in [0.1, 0.15) is 5.65 Å². The van der Waals surface area contributed by atoms with Gasteiger partial charge >= 0.3 is 11.2 Å². The van der Waals surface area contributed by atoms with Crippen LogP contribution in [0, 0.1) is 10.1 Å². The largest absolute Gasteiger partial charge is 0.376 e. The quantitative estimate of drug-likeness (QED) is 0.501. The van der Waals surface area contributed by atoms with Crippen LogP contribution < -0.4 is 15.8 Å². The van der Waals surface area contributed by atoms with Crippen LogP contribution in [0.4, 0.5) is 17.2 Å². The molecule has 1 saturated heterocycles. The Kier molecular flexibility index (Phi) is 5.40. The predicted octanol–water partition coefficient (Wildman–Crippen LogP) is 1.36. The van der Waals surface area contributed by atoms with Crippen molar-refractivity contribution in [1.29, 1.82) is 0 Å². The van der Waals surface area contributed by atoms with E-state index in [1.165, 1.54) is 10.6 Å². The molecule has 3 aromatic rings. The summed E-state index contributed by atoms with van der Waals surface area (Å²) in [6.07, 6.45) is 1.46. The summed E-state index contributed by atoms with van der Waals surface area (Å²) in [5.41, 5.74) is -0.149.